The molecule has 3 nitrogen and oxygen atoms in total. The van der Waals surface area contributed by atoms with Crippen LogP contribution in [0.25, 0.3) is 0 Å². The largest absolute Gasteiger partial charge is 0.346 e. The highest BCUT2D eigenvalue weighted by molar-refractivity contribution is 7.99. The zero-order chi connectivity index (χ0) is 13.2. The Morgan fingerprint density at radius 1 is 1.28 bits per heavy atom. The summed E-state index contributed by atoms with van der Waals surface area (Å²) < 4.78 is 0. The summed E-state index contributed by atoms with van der Waals surface area (Å²) in [6.07, 6.45) is 6.17. The Morgan fingerprint density at radius 2 is 2.06 bits per heavy atom. The summed E-state index contributed by atoms with van der Waals surface area (Å²) in [7, 11) is 0. The Morgan fingerprint density at radius 3 is 2.67 bits per heavy atom. The summed E-state index contributed by atoms with van der Waals surface area (Å²) in [5.74, 6) is 0. The molecule has 1 aromatic heterocycles. The van der Waals surface area contributed by atoms with Crippen LogP contribution in [0.2, 0.25) is 0 Å². The molecule has 18 heavy (non-hydrogen) atoms. The fourth-order valence-electron chi connectivity index (χ4n) is 2.12. The highest BCUT2D eigenvalue weighted by atomic mass is 32.2. The van der Waals surface area contributed by atoms with Crippen molar-refractivity contribution in [3.05, 3.63) is 5.01 Å². The SMILES string of the molecule is CSC1CCCCN(c2nnc(C(C)(C)C)s2)C1. The summed E-state index contributed by atoms with van der Waals surface area (Å²) in [6, 6.07) is 0. The maximum absolute atomic E-state index is 4.40. The van der Waals surface area contributed by atoms with E-state index in [0.29, 0.717) is 0 Å². The molecule has 0 aliphatic carbocycles. The Hall–Kier alpha value is -0.290. The van der Waals surface area contributed by atoms with Crippen molar-refractivity contribution in [1.82, 2.24) is 10.2 Å². The lowest BCUT2D eigenvalue weighted by molar-refractivity contribution is 0.578. The Bertz CT molecular complexity index is 384. The van der Waals surface area contributed by atoms with Crippen LogP contribution in [0.1, 0.15) is 45.0 Å². The van der Waals surface area contributed by atoms with Gasteiger partial charge in [-0.25, -0.2) is 0 Å². The molecule has 0 radical (unpaired) electrons. The number of hydrogen-bond acceptors (Lipinski definition) is 5. The molecule has 1 unspecified atom stereocenters. The van der Waals surface area contributed by atoms with E-state index in [1.807, 2.05) is 11.8 Å². The highest BCUT2D eigenvalue weighted by Gasteiger charge is 2.24. The molecule has 2 heterocycles. The van der Waals surface area contributed by atoms with Crippen molar-refractivity contribution in [2.75, 3.05) is 24.2 Å². The zero-order valence-corrected chi connectivity index (χ0v) is 13.4. The van der Waals surface area contributed by atoms with Crippen LogP contribution in [0.15, 0.2) is 0 Å². The minimum Gasteiger partial charge on any atom is -0.346 e. The van der Waals surface area contributed by atoms with E-state index in [9.17, 15) is 0 Å². The maximum Gasteiger partial charge on any atom is 0.208 e. The fourth-order valence-corrected chi connectivity index (χ4v) is 3.78. The molecule has 1 aromatic rings. The van der Waals surface area contributed by atoms with Gasteiger partial charge in [0.15, 0.2) is 0 Å². The van der Waals surface area contributed by atoms with E-state index in [0.717, 1.165) is 28.5 Å². The van der Waals surface area contributed by atoms with Gasteiger partial charge in [-0.1, -0.05) is 38.5 Å². The smallest absolute Gasteiger partial charge is 0.208 e. The van der Waals surface area contributed by atoms with Crippen molar-refractivity contribution in [2.24, 2.45) is 0 Å². The predicted octanol–water partition coefficient (Wildman–Crippen LogP) is 3.56. The summed E-state index contributed by atoms with van der Waals surface area (Å²) in [4.78, 5) is 2.43. The lowest BCUT2D eigenvalue weighted by Gasteiger charge is -2.22. The van der Waals surface area contributed by atoms with E-state index in [-0.39, 0.29) is 5.41 Å². The number of hydrogen-bond donors (Lipinski definition) is 0. The molecule has 2 rings (SSSR count). The molecular weight excluding hydrogens is 262 g/mol. The molecule has 1 saturated heterocycles. The van der Waals surface area contributed by atoms with Crippen LogP contribution in [0.5, 0.6) is 0 Å². The van der Waals surface area contributed by atoms with E-state index in [2.05, 4.69) is 42.1 Å². The third-order valence-electron chi connectivity index (χ3n) is 3.29. The minimum absolute atomic E-state index is 0.112. The van der Waals surface area contributed by atoms with Crippen LogP contribution in [0.3, 0.4) is 0 Å². The lowest BCUT2D eigenvalue weighted by Crippen LogP contribution is -2.29. The third kappa shape index (κ3) is 3.38. The first-order chi connectivity index (χ1) is 8.50. The van der Waals surface area contributed by atoms with Crippen LogP contribution in [-0.2, 0) is 5.41 Å². The Kier molecular flexibility index (Phi) is 4.54. The molecular formula is C13H23N3S2. The monoisotopic (exact) mass is 285 g/mol. The summed E-state index contributed by atoms with van der Waals surface area (Å²) in [5, 5.41) is 11.8. The van der Waals surface area contributed by atoms with Gasteiger partial charge in [0.05, 0.1) is 0 Å². The molecule has 0 spiro atoms. The van der Waals surface area contributed by atoms with E-state index >= 15 is 0 Å². The highest BCUT2D eigenvalue weighted by Crippen LogP contribution is 2.31. The first kappa shape index (κ1) is 14.1. The lowest BCUT2D eigenvalue weighted by atomic mass is 9.98. The van der Waals surface area contributed by atoms with Crippen molar-refractivity contribution >= 4 is 28.2 Å². The van der Waals surface area contributed by atoms with Crippen LogP contribution in [-0.4, -0.2) is 34.8 Å². The van der Waals surface area contributed by atoms with E-state index < -0.39 is 0 Å². The van der Waals surface area contributed by atoms with Crippen molar-refractivity contribution in [3.8, 4) is 0 Å². The minimum atomic E-state index is 0.112. The number of rotatable bonds is 2. The first-order valence-electron chi connectivity index (χ1n) is 6.62. The van der Waals surface area contributed by atoms with Crippen molar-refractivity contribution in [2.45, 2.75) is 50.7 Å². The van der Waals surface area contributed by atoms with Gasteiger partial charge in [0.25, 0.3) is 0 Å². The van der Waals surface area contributed by atoms with Gasteiger partial charge in [0, 0.05) is 23.8 Å². The second kappa shape index (κ2) is 5.78. The summed E-state index contributed by atoms with van der Waals surface area (Å²) >= 11 is 3.75. The number of nitrogens with zero attached hydrogens (tertiary/aromatic N) is 3. The van der Waals surface area contributed by atoms with Gasteiger partial charge in [-0.05, 0) is 19.1 Å². The van der Waals surface area contributed by atoms with Gasteiger partial charge in [0.2, 0.25) is 5.13 Å². The molecule has 0 N–H and O–H groups in total. The fraction of sp³-hybridized carbons (Fsp3) is 0.846. The van der Waals surface area contributed by atoms with E-state index in [1.54, 1.807) is 11.3 Å². The number of anilines is 1. The van der Waals surface area contributed by atoms with Gasteiger partial charge in [0.1, 0.15) is 5.01 Å². The van der Waals surface area contributed by atoms with Crippen molar-refractivity contribution in [1.29, 1.82) is 0 Å². The van der Waals surface area contributed by atoms with Crippen LogP contribution >= 0.6 is 23.1 Å². The molecule has 1 atom stereocenters. The summed E-state index contributed by atoms with van der Waals surface area (Å²) in [6.45, 7) is 8.86. The van der Waals surface area contributed by atoms with Gasteiger partial charge >= 0.3 is 0 Å². The topological polar surface area (TPSA) is 29.0 Å². The van der Waals surface area contributed by atoms with Crippen LogP contribution < -0.4 is 4.90 Å². The van der Waals surface area contributed by atoms with Crippen LogP contribution in [0, 0.1) is 0 Å². The average Bonchev–Trinajstić information content (AvgIpc) is 2.69. The molecule has 5 heteroatoms. The molecule has 102 valence electrons. The zero-order valence-electron chi connectivity index (χ0n) is 11.8. The molecule has 0 saturated carbocycles. The Balaban J connectivity index is 2.12. The second-order valence-electron chi connectivity index (χ2n) is 5.94. The Labute approximate surface area is 118 Å². The molecule has 1 fully saturated rings. The predicted molar refractivity (Wildman–Crippen MR) is 82.0 cm³/mol. The average molecular weight is 285 g/mol. The number of thioether (sulfide) groups is 1. The molecule has 0 aromatic carbocycles. The molecule has 0 amide bonds. The summed E-state index contributed by atoms with van der Waals surface area (Å²) in [5.41, 5.74) is 0.112. The molecule has 1 aliphatic rings. The third-order valence-corrected chi connectivity index (χ3v) is 5.75. The van der Waals surface area contributed by atoms with E-state index in [1.165, 1.54) is 19.3 Å². The van der Waals surface area contributed by atoms with Gasteiger partial charge < -0.3 is 4.90 Å². The maximum atomic E-state index is 4.40. The van der Waals surface area contributed by atoms with Gasteiger partial charge in [-0.2, -0.15) is 11.8 Å². The van der Waals surface area contributed by atoms with Gasteiger partial charge in [-0.15, -0.1) is 10.2 Å². The molecule has 1 aliphatic heterocycles. The molecule has 0 bridgehead atoms. The number of aromatic nitrogens is 2. The second-order valence-corrected chi connectivity index (χ2v) is 8.03. The normalized spacial score (nSPS) is 22.0. The van der Waals surface area contributed by atoms with Crippen molar-refractivity contribution < 1.29 is 0 Å². The van der Waals surface area contributed by atoms with E-state index in [4.69, 9.17) is 0 Å². The first-order valence-corrected chi connectivity index (χ1v) is 8.73. The standard InChI is InChI=1S/C13H23N3S2/c1-13(2,3)11-14-15-12(18-11)16-8-6-5-7-10(9-16)17-4/h10H,5-9H2,1-4H3. The van der Waals surface area contributed by atoms with Crippen LogP contribution in [0.4, 0.5) is 5.13 Å². The van der Waals surface area contributed by atoms with Gasteiger partial charge in [-0.3, -0.25) is 0 Å². The quantitative estimate of drug-likeness (QED) is 0.831. The van der Waals surface area contributed by atoms with Crippen molar-refractivity contribution in [3.63, 3.8) is 0 Å².